The molecule has 1 fully saturated rings. The van der Waals surface area contributed by atoms with Crippen molar-refractivity contribution in [1.82, 2.24) is 5.32 Å². The first-order valence-corrected chi connectivity index (χ1v) is 7.38. The van der Waals surface area contributed by atoms with E-state index < -0.39 is 0 Å². The molecule has 1 aromatic carbocycles. The van der Waals surface area contributed by atoms with Gasteiger partial charge >= 0.3 is 0 Å². The Labute approximate surface area is 123 Å². The second-order valence-corrected chi connectivity index (χ2v) is 5.81. The summed E-state index contributed by atoms with van der Waals surface area (Å²) >= 11 is 4.28. The summed E-state index contributed by atoms with van der Waals surface area (Å²) in [7, 11) is 0. The van der Waals surface area contributed by atoms with Gasteiger partial charge < -0.3 is 4.74 Å². The number of carbonyl (C=O) groups excluding carboxylic acids is 2. The van der Waals surface area contributed by atoms with Gasteiger partial charge in [-0.3, -0.25) is 14.9 Å². The summed E-state index contributed by atoms with van der Waals surface area (Å²) in [6, 6.07) is 5.57. The fourth-order valence-electron chi connectivity index (χ4n) is 1.54. The van der Waals surface area contributed by atoms with Crippen LogP contribution < -0.4 is 10.1 Å². The van der Waals surface area contributed by atoms with Crippen molar-refractivity contribution in [1.29, 1.82) is 0 Å². The van der Waals surface area contributed by atoms with Crippen LogP contribution in [0.2, 0.25) is 0 Å². The van der Waals surface area contributed by atoms with Crippen LogP contribution in [-0.2, 0) is 4.79 Å². The van der Waals surface area contributed by atoms with Gasteiger partial charge in [-0.05, 0) is 42.5 Å². The van der Waals surface area contributed by atoms with E-state index in [1.807, 2.05) is 25.1 Å². The summed E-state index contributed by atoms with van der Waals surface area (Å²) in [5.41, 5.74) is 0.773. The van der Waals surface area contributed by atoms with Crippen LogP contribution in [0.3, 0.4) is 0 Å². The van der Waals surface area contributed by atoms with Crippen molar-refractivity contribution in [2.24, 2.45) is 0 Å². The molecule has 0 atom stereocenters. The topological polar surface area (TPSA) is 55.4 Å². The number of hydrogen-bond acceptors (Lipinski definition) is 4. The van der Waals surface area contributed by atoms with Crippen molar-refractivity contribution < 1.29 is 14.3 Å². The van der Waals surface area contributed by atoms with Gasteiger partial charge in [0.2, 0.25) is 0 Å². The molecular weight excluding hydrogens is 330 g/mol. The zero-order chi connectivity index (χ0) is 13.8. The largest absolute Gasteiger partial charge is 0.493 e. The van der Waals surface area contributed by atoms with E-state index in [9.17, 15) is 9.59 Å². The summed E-state index contributed by atoms with van der Waals surface area (Å²) in [6.07, 6.45) is 2.57. The average molecular weight is 342 g/mol. The van der Waals surface area contributed by atoms with E-state index in [-0.39, 0.29) is 11.1 Å². The van der Waals surface area contributed by atoms with Crippen LogP contribution in [0.15, 0.2) is 27.6 Å². The Balaban J connectivity index is 2.32. The lowest BCUT2D eigenvalue weighted by atomic mass is 10.2. The molecule has 100 valence electrons. The van der Waals surface area contributed by atoms with E-state index in [0.29, 0.717) is 17.3 Å². The molecule has 0 unspecified atom stereocenters. The summed E-state index contributed by atoms with van der Waals surface area (Å²) in [4.78, 5) is 23.0. The number of carbonyl (C=O) groups is 2. The number of hydrogen-bond donors (Lipinski definition) is 1. The normalized spacial score (nSPS) is 16.8. The number of benzene rings is 1. The third kappa shape index (κ3) is 3.61. The summed E-state index contributed by atoms with van der Waals surface area (Å²) in [5, 5.41) is 1.88. The standard InChI is InChI=1S/C13H12BrNO3S/c1-2-5-18-10-4-3-9(14)6-8(10)7-11-12(16)15-13(17)19-11/h3-4,6-7H,2,5H2,1H3,(H,15,16,17)/b11-7-. The van der Waals surface area contributed by atoms with Crippen LogP contribution in [0, 0.1) is 0 Å². The maximum Gasteiger partial charge on any atom is 0.290 e. The number of amides is 2. The molecule has 6 heteroatoms. The van der Waals surface area contributed by atoms with Crippen LogP contribution in [-0.4, -0.2) is 17.8 Å². The molecule has 4 nitrogen and oxygen atoms in total. The highest BCUT2D eigenvalue weighted by atomic mass is 79.9. The molecule has 1 heterocycles. The van der Waals surface area contributed by atoms with E-state index in [4.69, 9.17) is 4.74 Å². The molecule has 0 radical (unpaired) electrons. The zero-order valence-corrected chi connectivity index (χ0v) is 12.6. The number of imide groups is 1. The Morgan fingerprint density at radius 1 is 1.42 bits per heavy atom. The van der Waals surface area contributed by atoms with E-state index >= 15 is 0 Å². The van der Waals surface area contributed by atoms with Crippen molar-refractivity contribution in [2.75, 3.05) is 6.61 Å². The van der Waals surface area contributed by atoms with Crippen LogP contribution >= 0.6 is 27.7 Å². The SMILES string of the molecule is CCCOc1ccc(Br)cc1/C=C1\SC(=O)NC1=O. The minimum Gasteiger partial charge on any atom is -0.493 e. The molecule has 2 amide bonds. The first-order valence-electron chi connectivity index (χ1n) is 5.77. The highest BCUT2D eigenvalue weighted by molar-refractivity contribution is 9.10. The Morgan fingerprint density at radius 2 is 2.21 bits per heavy atom. The van der Waals surface area contributed by atoms with Crippen LogP contribution in [0.4, 0.5) is 4.79 Å². The van der Waals surface area contributed by atoms with Gasteiger partial charge in [0.25, 0.3) is 11.1 Å². The molecule has 19 heavy (non-hydrogen) atoms. The van der Waals surface area contributed by atoms with Gasteiger partial charge in [0.05, 0.1) is 11.5 Å². The van der Waals surface area contributed by atoms with Gasteiger partial charge in [0.15, 0.2) is 0 Å². The lowest BCUT2D eigenvalue weighted by Gasteiger charge is -2.09. The molecule has 0 saturated carbocycles. The van der Waals surface area contributed by atoms with Gasteiger partial charge in [-0.1, -0.05) is 22.9 Å². The van der Waals surface area contributed by atoms with Crippen LogP contribution in [0.1, 0.15) is 18.9 Å². The average Bonchev–Trinajstić information content (AvgIpc) is 2.67. The molecule has 0 bridgehead atoms. The van der Waals surface area contributed by atoms with E-state index in [1.54, 1.807) is 6.08 Å². The van der Waals surface area contributed by atoms with Crippen molar-refractivity contribution in [2.45, 2.75) is 13.3 Å². The van der Waals surface area contributed by atoms with Crippen LogP contribution in [0.5, 0.6) is 5.75 Å². The lowest BCUT2D eigenvalue weighted by molar-refractivity contribution is -0.115. The quantitative estimate of drug-likeness (QED) is 0.850. The van der Waals surface area contributed by atoms with Gasteiger partial charge in [-0.2, -0.15) is 0 Å². The molecule has 0 aliphatic carbocycles. The predicted octanol–water partition coefficient (Wildman–Crippen LogP) is 3.56. The smallest absolute Gasteiger partial charge is 0.290 e. The van der Waals surface area contributed by atoms with E-state index in [2.05, 4.69) is 21.2 Å². The molecule has 1 aromatic rings. The van der Waals surface area contributed by atoms with Crippen molar-refractivity contribution in [3.63, 3.8) is 0 Å². The number of ether oxygens (including phenoxy) is 1. The van der Waals surface area contributed by atoms with Gasteiger partial charge in [0.1, 0.15) is 5.75 Å². The first kappa shape index (κ1) is 14.1. The molecule has 0 spiro atoms. The van der Waals surface area contributed by atoms with Gasteiger partial charge in [-0.25, -0.2) is 0 Å². The van der Waals surface area contributed by atoms with Gasteiger partial charge in [-0.15, -0.1) is 0 Å². The summed E-state index contributed by atoms with van der Waals surface area (Å²) < 4.78 is 6.51. The molecular formula is C13H12BrNO3S. The second-order valence-electron chi connectivity index (χ2n) is 3.88. The third-order valence-electron chi connectivity index (χ3n) is 2.36. The predicted molar refractivity (Wildman–Crippen MR) is 79.0 cm³/mol. The Hall–Kier alpha value is -1.27. The number of halogens is 1. The molecule has 1 aliphatic rings. The molecule has 1 saturated heterocycles. The van der Waals surface area contributed by atoms with E-state index in [1.165, 1.54) is 0 Å². The van der Waals surface area contributed by atoms with Crippen LogP contribution in [0.25, 0.3) is 6.08 Å². The van der Waals surface area contributed by atoms with Gasteiger partial charge in [0, 0.05) is 10.0 Å². The van der Waals surface area contributed by atoms with Crippen molar-refractivity contribution >= 4 is 44.9 Å². The molecule has 0 aromatic heterocycles. The minimum absolute atomic E-state index is 0.345. The Morgan fingerprint density at radius 3 is 2.84 bits per heavy atom. The monoisotopic (exact) mass is 341 g/mol. The highest BCUT2D eigenvalue weighted by Crippen LogP contribution is 2.30. The Kier molecular flexibility index (Phi) is 4.66. The van der Waals surface area contributed by atoms with Crippen molar-refractivity contribution in [3.8, 4) is 5.75 Å². The lowest BCUT2D eigenvalue weighted by Crippen LogP contribution is -2.17. The molecule has 1 N–H and O–H groups in total. The fraction of sp³-hybridized carbons (Fsp3) is 0.231. The second kappa shape index (κ2) is 6.25. The highest BCUT2D eigenvalue weighted by Gasteiger charge is 2.25. The minimum atomic E-state index is -0.364. The summed E-state index contributed by atoms with van der Waals surface area (Å²) in [5.74, 6) is 0.335. The first-order chi connectivity index (χ1) is 9.10. The Bertz CT molecular complexity index is 557. The summed E-state index contributed by atoms with van der Waals surface area (Å²) in [6.45, 7) is 2.63. The zero-order valence-electron chi connectivity index (χ0n) is 10.2. The molecule has 1 aliphatic heterocycles. The number of thioether (sulfide) groups is 1. The van der Waals surface area contributed by atoms with Crippen molar-refractivity contribution in [3.05, 3.63) is 33.1 Å². The maximum atomic E-state index is 11.5. The maximum absolute atomic E-state index is 11.5. The molecule has 2 rings (SSSR count). The van der Waals surface area contributed by atoms with E-state index in [0.717, 1.165) is 28.2 Å². The number of nitrogens with one attached hydrogen (secondary N) is 1. The fourth-order valence-corrected chi connectivity index (χ4v) is 2.59. The third-order valence-corrected chi connectivity index (χ3v) is 3.67. The number of rotatable bonds is 4.